The molecule has 1 saturated heterocycles. The highest BCUT2D eigenvalue weighted by atomic mass is 16.5. The van der Waals surface area contributed by atoms with E-state index in [0.717, 1.165) is 30.9 Å². The largest absolute Gasteiger partial charge is 0.486 e. The second-order valence-electron chi connectivity index (χ2n) is 4.19. The number of benzene rings is 1. The van der Waals surface area contributed by atoms with Crippen LogP contribution in [-0.4, -0.2) is 29.0 Å². The van der Waals surface area contributed by atoms with Crippen molar-refractivity contribution in [1.29, 1.82) is 0 Å². The molecule has 1 aliphatic rings. The van der Waals surface area contributed by atoms with E-state index >= 15 is 0 Å². The third-order valence-electron chi connectivity index (χ3n) is 2.90. The molecule has 4 heteroatoms. The zero-order valence-corrected chi connectivity index (χ0v) is 9.54. The predicted molar refractivity (Wildman–Crippen MR) is 65.5 cm³/mol. The molecule has 1 aliphatic heterocycles. The normalized spacial score (nSPS) is 19.4. The summed E-state index contributed by atoms with van der Waals surface area (Å²) in [7, 11) is 0. The first kappa shape index (κ1) is 10.4. The van der Waals surface area contributed by atoms with Crippen LogP contribution in [0.4, 0.5) is 0 Å². The van der Waals surface area contributed by atoms with E-state index in [0.29, 0.717) is 0 Å². The second-order valence-corrected chi connectivity index (χ2v) is 4.19. The summed E-state index contributed by atoms with van der Waals surface area (Å²) < 4.78 is 7.66. The maximum Gasteiger partial charge on any atom is 0.158 e. The van der Waals surface area contributed by atoms with Crippen LogP contribution >= 0.6 is 0 Å². The van der Waals surface area contributed by atoms with Gasteiger partial charge < -0.3 is 10.1 Å². The number of nitrogens with zero attached hydrogens (tertiary/aromatic N) is 2. The van der Waals surface area contributed by atoms with E-state index in [9.17, 15) is 0 Å². The van der Waals surface area contributed by atoms with Gasteiger partial charge in [0.25, 0.3) is 0 Å². The van der Waals surface area contributed by atoms with Gasteiger partial charge in [-0.25, -0.2) is 4.68 Å². The van der Waals surface area contributed by atoms with Crippen molar-refractivity contribution < 1.29 is 4.74 Å². The van der Waals surface area contributed by atoms with Crippen molar-refractivity contribution in [3.8, 4) is 11.4 Å². The second kappa shape index (κ2) is 4.59. The summed E-state index contributed by atoms with van der Waals surface area (Å²) in [6.45, 7) is 1.97. The molecule has 3 rings (SSSR count). The Labute approximate surface area is 100 Å². The van der Waals surface area contributed by atoms with Crippen LogP contribution in [0, 0.1) is 0 Å². The van der Waals surface area contributed by atoms with Gasteiger partial charge in [-0.1, -0.05) is 18.2 Å². The van der Waals surface area contributed by atoms with Gasteiger partial charge in [0.1, 0.15) is 6.10 Å². The molecule has 0 radical (unpaired) electrons. The lowest BCUT2D eigenvalue weighted by Crippen LogP contribution is -2.19. The minimum atomic E-state index is 0.281. The highest BCUT2D eigenvalue weighted by Crippen LogP contribution is 2.16. The van der Waals surface area contributed by atoms with Gasteiger partial charge in [0.2, 0.25) is 0 Å². The smallest absolute Gasteiger partial charge is 0.158 e. The van der Waals surface area contributed by atoms with Gasteiger partial charge in [0.05, 0.1) is 18.1 Å². The Balaban J connectivity index is 1.74. The molecule has 0 aliphatic carbocycles. The number of nitrogens with one attached hydrogen (secondary N) is 1. The SMILES string of the molecule is c1ccc(-n2cc(OC3CCNC3)cn2)cc1. The van der Waals surface area contributed by atoms with Gasteiger partial charge in [0, 0.05) is 6.54 Å². The molecule has 1 unspecified atom stereocenters. The number of para-hydroxylation sites is 1. The zero-order valence-electron chi connectivity index (χ0n) is 9.54. The van der Waals surface area contributed by atoms with Crippen LogP contribution < -0.4 is 10.1 Å². The summed E-state index contributed by atoms with van der Waals surface area (Å²) in [4.78, 5) is 0. The van der Waals surface area contributed by atoms with Gasteiger partial charge in [-0.05, 0) is 25.1 Å². The number of aromatic nitrogens is 2. The van der Waals surface area contributed by atoms with E-state index in [4.69, 9.17) is 4.74 Å². The van der Waals surface area contributed by atoms with Gasteiger partial charge >= 0.3 is 0 Å². The Morgan fingerprint density at radius 3 is 2.94 bits per heavy atom. The van der Waals surface area contributed by atoms with Crippen molar-refractivity contribution in [2.75, 3.05) is 13.1 Å². The highest BCUT2D eigenvalue weighted by Gasteiger charge is 2.16. The Kier molecular flexibility index (Phi) is 2.80. The lowest BCUT2D eigenvalue weighted by molar-refractivity contribution is 0.223. The van der Waals surface area contributed by atoms with Crippen molar-refractivity contribution in [2.45, 2.75) is 12.5 Å². The molecule has 1 aromatic heterocycles. The third kappa shape index (κ3) is 2.31. The molecule has 4 nitrogen and oxygen atoms in total. The van der Waals surface area contributed by atoms with Crippen LogP contribution in [0.3, 0.4) is 0 Å². The summed E-state index contributed by atoms with van der Waals surface area (Å²) in [6.07, 6.45) is 5.04. The first-order chi connectivity index (χ1) is 8.42. The van der Waals surface area contributed by atoms with Crippen LogP contribution in [0.15, 0.2) is 42.7 Å². The third-order valence-corrected chi connectivity index (χ3v) is 2.90. The molecule has 0 amide bonds. The Hall–Kier alpha value is -1.81. The summed E-state index contributed by atoms with van der Waals surface area (Å²) in [5.74, 6) is 0.836. The summed E-state index contributed by atoms with van der Waals surface area (Å²) in [5.41, 5.74) is 1.05. The molecule has 1 aromatic carbocycles. The molecule has 88 valence electrons. The minimum absolute atomic E-state index is 0.281. The van der Waals surface area contributed by atoms with E-state index < -0.39 is 0 Å². The van der Waals surface area contributed by atoms with Crippen molar-refractivity contribution in [2.24, 2.45) is 0 Å². The first-order valence-electron chi connectivity index (χ1n) is 5.89. The van der Waals surface area contributed by atoms with Crippen LogP contribution in [0.2, 0.25) is 0 Å². The number of hydrogen-bond acceptors (Lipinski definition) is 3. The number of ether oxygens (including phenoxy) is 1. The van der Waals surface area contributed by atoms with Crippen molar-refractivity contribution >= 4 is 0 Å². The quantitative estimate of drug-likeness (QED) is 0.869. The number of hydrogen-bond donors (Lipinski definition) is 1. The average molecular weight is 229 g/mol. The lowest BCUT2D eigenvalue weighted by atomic mass is 10.3. The maximum absolute atomic E-state index is 5.83. The van der Waals surface area contributed by atoms with E-state index in [2.05, 4.69) is 10.4 Å². The Morgan fingerprint density at radius 1 is 1.29 bits per heavy atom. The fraction of sp³-hybridized carbons (Fsp3) is 0.308. The molecule has 0 spiro atoms. The molecule has 2 aromatic rings. The standard InChI is InChI=1S/C13H15N3O/c1-2-4-11(5-3-1)16-10-13(9-15-16)17-12-6-7-14-8-12/h1-5,9-10,12,14H,6-8H2. The van der Waals surface area contributed by atoms with E-state index in [1.54, 1.807) is 6.20 Å². The monoisotopic (exact) mass is 229 g/mol. The van der Waals surface area contributed by atoms with Crippen molar-refractivity contribution in [3.63, 3.8) is 0 Å². The lowest BCUT2D eigenvalue weighted by Gasteiger charge is -2.09. The Bertz CT molecular complexity index is 474. The summed E-state index contributed by atoms with van der Waals surface area (Å²) >= 11 is 0. The molecule has 2 heterocycles. The fourth-order valence-electron chi connectivity index (χ4n) is 2.01. The molecule has 1 N–H and O–H groups in total. The minimum Gasteiger partial charge on any atom is -0.486 e. The van der Waals surface area contributed by atoms with Crippen LogP contribution in [0.25, 0.3) is 5.69 Å². The van der Waals surface area contributed by atoms with Crippen LogP contribution in [0.5, 0.6) is 5.75 Å². The maximum atomic E-state index is 5.83. The molecule has 0 bridgehead atoms. The topological polar surface area (TPSA) is 39.1 Å². The summed E-state index contributed by atoms with van der Waals surface area (Å²) in [6, 6.07) is 10.0. The highest BCUT2D eigenvalue weighted by molar-refractivity contribution is 5.32. The first-order valence-corrected chi connectivity index (χ1v) is 5.89. The van der Waals surface area contributed by atoms with Gasteiger partial charge in [0.15, 0.2) is 5.75 Å². The molecule has 17 heavy (non-hydrogen) atoms. The van der Waals surface area contributed by atoms with Crippen molar-refractivity contribution in [3.05, 3.63) is 42.7 Å². The zero-order chi connectivity index (χ0) is 11.5. The average Bonchev–Trinajstić information content (AvgIpc) is 3.02. The summed E-state index contributed by atoms with van der Waals surface area (Å²) in [5, 5.41) is 7.58. The predicted octanol–water partition coefficient (Wildman–Crippen LogP) is 1.61. The van der Waals surface area contributed by atoms with Gasteiger partial charge in [-0.2, -0.15) is 5.10 Å². The van der Waals surface area contributed by atoms with E-state index in [1.807, 2.05) is 41.2 Å². The van der Waals surface area contributed by atoms with E-state index in [-0.39, 0.29) is 6.10 Å². The Morgan fingerprint density at radius 2 is 2.18 bits per heavy atom. The van der Waals surface area contributed by atoms with E-state index in [1.165, 1.54) is 0 Å². The van der Waals surface area contributed by atoms with Gasteiger partial charge in [-0.3, -0.25) is 0 Å². The van der Waals surface area contributed by atoms with Crippen LogP contribution in [0.1, 0.15) is 6.42 Å². The molecule has 1 fully saturated rings. The molecular formula is C13H15N3O. The molecule has 0 saturated carbocycles. The fourth-order valence-corrected chi connectivity index (χ4v) is 2.01. The number of rotatable bonds is 3. The molecular weight excluding hydrogens is 214 g/mol. The molecule has 1 atom stereocenters. The van der Waals surface area contributed by atoms with Gasteiger partial charge in [-0.15, -0.1) is 0 Å². The van der Waals surface area contributed by atoms with Crippen molar-refractivity contribution in [1.82, 2.24) is 15.1 Å². The van der Waals surface area contributed by atoms with Crippen LogP contribution in [-0.2, 0) is 0 Å².